The van der Waals surface area contributed by atoms with Crippen LogP contribution in [0.15, 0.2) is 46.6 Å². The largest absolute Gasteiger partial charge is 0.497 e. The summed E-state index contributed by atoms with van der Waals surface area (Å²) in [4.78, 5) is 7.29. The fraction of sp³-hybridized carbons (Fsp3) is 0.542. The number of benzene rings is 1. The normalized spacial score (nSPS) is 26.8. The summed E-state index contributed by atoms with van der Waals surface area (Å²) in [6.07, 6.45) is 6.32. The highest BCUT2D eigenvalue weighted by Crippen LogP contribution is 2.46. The van der Waals surface area contributed by atoms with Crippen LogP contribution in [0.5, 0.6) is 5.75 Å². The van der Waals surface area contributed by atoms with Gasteiger partial charge < -0.3 is 24.8 Å². The summed E-state index contributed by atoms with van der Waals surface area (Å²) in [6.45, 7) is 6.13. The molecule has 0 aromatic heterocycles. The van der Waals surface area contributed by atoms with E-state index in [0.717, 1.165) is 50.7 Å². The highest BCUT2D eigenvalue weighted by molar-refractivity contribution is 5.89. The number of dihydropyridines is 1. The van der Waals surface area contributed by atoms with Gasteiger partial charge in [-0.15, -0.1) is 0 Å². The van der Waals surface area contributed by atoms with Crippen molar-refractivity contribution >= 4 is 11.6 Å². The number of fused-ring (bicyclic) bond motifs is 1. The molecule has 31 heavy (non-hydrogen) atoms. The molecule has 5 rings (SSSR count). The molecule has 166 valence electrons. The second-order valence-corrected chi connectivity index (χ2v) is 8.95. The molecule has 2 N–H and O–H groups in total. The molecule has 7 nitrogen and oxygen atoms in total. The van der Waals surface area contributed by atoms with Crippen molar-refractivity contribution in [3.8, 4) is 5.75 Å². The molecule has 7 heteroatoms. The number of hydrogen-bond donors (Lipinski definition) is 2. The van der Waals surface area contributed by atoms with Gasteiger partial charge in [0.2, 0.25) is 5.90 Å². The first kappa shape index (κ1) is 20.5. The number of ether oxygens (including phenoxy) is 3. The van der Waals surface area contributed by atoms with Gasteiger partial charge in [-0.1, -0.05) is 12.1 Å². The molecule has 2 saturated heterocycles. The van der Waals surface area contributed by atoms with Gasteiger partial charge in [0.05, 0.1) is 26.9 Å². The van der Waals surface area contributed by atoms with Crippen LogP contribution < -0.4 is 15.4 Å². The molecule has 1 unspecified atom stereocenters. The lowest BCUT2D eigenvalue weighted by molar-refractivity contribution is -0.106. The van der Waals surface area contributed by atoms with E-state index in [1.54, 1.807) is 7.11 Å². The van der Waals surface area contributed by atoms with E-state index in [1.165, 1.54) is 23.3 Å². The molecule has 4 aliphatic rings. The molecular formula is C24H32N4O3. The zero-order valence-corrected chi connectivity index (χ0v) is 18.4. The molecule has 1 aromatic rings. The summed E-state index contributed by atoms with van der Waals surface area (Å²) in [5.41, 5.74) is 5.32. The van der Waals surface area contributed by atoms with Crippen molar-refractivity contribution in [1.29, 1.82) is 0 Å². The van der Waals surface area contributed by atoms with Gasteiger partial charge in [0, 0.05) is 54.5 Å². The first-order chi connectivity index (χ1) is 15.2. The highest BCUT2D eigenvalue weighted by atomic mass is 16.5. The number of aliphatic imine (C=N–C) groups is 1. The van der Waals surface area contributed by atoms with Gasteiger partial charge in [0.25, 0.3) is 0 Å². The maximum absolute atomic E-state index is 5.71. The Morgan fingerprint density at radius 1 is 1.32 bits per heavy atom. The number of methoxy groups -OCH3 is 1. The van der Waals surface area contributed by atoms with Crippen LogP contribution in [0.4, 0.5) is 5.69 Å². The number of likely N-dealkylation sites (N-methyl/N-ethyl adjacent to an activating group) is 1. The predicted molar refractivity (Wildman–Crippen MR) is 122 cm³/mol. The average Bonchev–Trinajstić information content (AvgIpc) is 3.25. The Morgan fingerprint density at radius 3 is 2.90 bits per heavy atom. The van der Waals surface area contributed by atoms with Gasteiger partial charge >= 0.3 is 0 Å². The zero-order valence-electron chi connectivity index (χ0n) is 18.4. The van der Waals surface area contributed by atoms with Crippen LogP contribution in [0.1, 0.15) is 24.4 Å². The number of anilines is 1. The molecule has 4 aliphatic heterocycles. The molecule has 0 amide bonds. The van der Waals surface area contributed by atoms with Crippen molar-refractivity contribution in [2.45, 2.75) is 18.9 Å². The molecule has 1 spiro atoms. The number of likely N-dealkylation sites (tertiary alicyclic amines) is 1. The van der Waals surface area contributed by atoms with E-state index < -0.39 is 0 Å². The summed E-state index contributed by atoms with van der Waals surface area (Å²) in [5.74, 6) is 1.58. The second kappa shape index (κ2) is 8.65. The minimum absolute atomic E-state index is 0.357. The molecule has 4 heterocycles. The lowest BCUT2D eigenvalue weighted by Gasteiger charge is -2.40. The van der Waals surface area contributed by atoms with Crippen molar-refractivity contribution in [1.82, 2.24) is 10.2 Å². The second-order valence-electron chi connectivity index (χ2n) is 8.95. The molecule has 0 saturated carbocycles. The summed E-state index contributed by atoms with van der Waals surface area (Å²) in [6, 6.07) is 6.76. The third kappa shape index (κ3) is 4.10. The van der Waals surface area contributed by atoms with E-state index in [2.05, 4.69) is 44.8 Å². The minimum Gasteiger partial charge on any atom is -0.497 e. The van der Waals surface area contributed by atoms with E-state index >= 15 is 0 Å². The molecule has 1 aromatic carbocycles. The molecular weight excluding hydrogens is 392 g/mol. The zero-order chi connectivity index (χ0) is 21.3. The molecule has 1 atom stereocenters. The number of rotatable bonds is 5. The Kier molecular flexibility index (Phi) is 5.73. The van der Waals surface area contributed by atoms with Crippen LogP contribution in [-0.2, 0) is 9.47 Å². The third-order valence-corrected chi connectivity index (χ3v) is 6.85. The van der Waals surface area contributed by atoms with Crippen LogP contribution in [-0.4, -0.2) is 71.0 Å². The Hall–Kier alpha value is -2.35. The van der Waals surface area contributed by atoms with Gasteiger partial charge in [-0.05, 0) is 37.2 Å². The van der Waals surface area contributed by atoms with Gasteiger partial charge in [-0.3, -0.25) is 4.90 Å². The average molecular weight is 425 g/mol. The Bertz CT molecular complexity index is 919. The Balaban J connectivity index is 1.39. The fourth-order valence-corrected chi connectivity index (χ4v) is 4.97. The SMILES string of the molecule is CNCCOC1=NC/C(=C2\CC(N3CCC4(COC4)C3)c3ccc(OC)cc3N2)C=C1. The third-order valence-electron chi connectivity index (χ3n) is 6.85. The van der Waals surface area contributed by atoms with Crippen LogP contribution in [0.25, 0.3) is 0 Å². The highest BCUT2D eigenvalue weighted by Gasteiger charge is 2.47. The quantitative estimate of drug-likeness (QED) is 0.709. The molecule has 0 radical (unpaired) electrons. The molecule has 2 fully saturated rings. The van der Waals surface area contributed by atoms with E-state index in [1.807, 2.05) is 13.1 Å². The summed E-state index contributed by atoms with van der Waals surface area (Å²) < 4.78 is 16.8. The van der Waals surface area contributed by atoms with Crippen LogP contribution in [0, 0.1) is 5.41 Å². The summed E-state index contributed by atoms with van der Waals surface area (Å²) in [7, 11) is 3.64. The fourth-order valence-electron chi connectivity index (χ4n) is 4.97. The first-order valence-electron chi connectivity index (χ1n) is 11.2. The number of nitrogens with zero attached hydrogens (tertiary/aromatic N) is 2. The monoisotopic (exact) mass is 424 g/mol. The van der Waals surface area contributed by atoms with Gasteiger partial charge in [0.1, 0.15) is 12.4 Å². The smallest absolute Gasteiger partial charge is 0.208 e. The first-order valence-corrected chi connectivity index (χ1v) is 11.2. The van der Waals surface area contributed by atoms with Crippen molar-refractivity contribution < 1.29 is 14.2 Å². The van der Waals surface area contributed by atoms with Gasteiger partial charge in [-0.2, -0.15) is 0 Å². The Morgan fingerprint density at radius 2 is 2.23 bits per heavy atom. The van der Waals surface area contributed by atoms with Crippen molar-refractivity contribution in [2.75, 3.05) is 65.5 Å². The maximum atomic E-state index is 5.71. The summed E-state index contributed by atoms with van der Waals surface area (Å²) in [5, 5.41) is 6.77. The van der Waals surface area contributed by atoms with Crippen molar-refractivity contribution in [2.24, 2.45) is 10.4 Å². The topological polar surface area (TPSA) is 67.4 Å². The standard InChI is InChI=1S/C24H32N4O3/c1-25-8-10-31-23-6-3-17(13-26-23)20-12-22(28-9-7-24(14-28)15-30-16-24)19-5-4-18(29-2)11-21(19)27-20/h3-6,11,22,25,27H,7-10,12-16H2,1-2H3/b20-17+. The van der Waals surface area contributed by atoms with Gasteiger partial charge in [-0.25, -0.2) is 4.99 Å². The van der Waals surface area contributed by atoms with E-state index in [9.17, 15) is 0 Å². The van der Waals surface area contributed by atoms with E-state index in [-0.39, 0.29) is 0 Å². The lowest BCUT2D eigenvalue weighted by Crippen LogP contribution is -2.45. The predicted octanol–water partition coefficient (Wildman–Crippen LogP) is 2.73. The van der Waals surface area contributed by atoms with Gasteiger partial charge in [0.15, 0.2) is 0 Å². The lowest BCUT2D eigenvalue weighted by atomic mass is 9.85. The minimum atomic E-state index is 0.357. The molecule has 0 bridgehead atoms. The maximum Gasteiger partial charge on any atom is 0.208 e. The van der Waals surface area contributed by atoms with Crippen LogP contribution >= 0.6 is 0 Å². The van der Waals surface area contributed by atoms with Crippen molar-refractivity contribution in [3.05, 3.63) is 47.2 Å². The summed E-state index contributed by atoms with van der Waals surface area (Å²) >= 11 is 0. The van der Waals surface area contributed by atoms with E-state index in [4.69, 9.17) is 14.2 Å². The number of hydrogen-bond acceptors (Lipinski definition) is 7. The van der Waals surface area contributed by atoms with Crippen LogP contribution in [0.3, 0.4) is 0 Å². The number of nitrogens with one attached hydrogen (secondary N) is 2. The van der Waals surface area contributed by atoms with E-state index in [0.29, 0.717) is 30.5 Å². The molecule has 0 aliphatic carbocycles. The van der Waals surface area contributed by atoms with Crippen LogP contribution in [0.2, 0.25) is 0 Å². The van der Waals surface area contributed by atoms with Crippen molar-refractivity contribution in [3.63, 3.8) is 0 Å². The Labute approximate surface area is 184 Å².